The highest BCUT2D eigenvalue weighted by molar-refractivity contribution is 5.75. The van der Waals surface area contributed by atoms with Crippen LogP contribution in [0.4, 0.5) is 5.82 Å². The van der Waals surface area contributed by atoms with E-state index in [-0.39, 0.29) is 5.82 Å². The molecule has 0 unspecified atom stereocenters. The fourth-order valence-corrected chi connectivity index (χ4v) is 1.94. The molecule has 0 aliphatic heterocycles. The summed E-state index contributed by atoms with van der Waals surface area (Å²) in [5.41, 5.74) is 8.72. The Hall–Kier alpha value is -2.54. The van der Waals surface area contributed by atoms with E-state index in [1.54, 1.807) is 0 Å². The van der Waals surface area contributed by atoms with Gasteiger partial charge in [-0.05, 0) is 37.6 Å². The predicted molar refractivity (Wildman–Crippen MR) is 74.7 cm³/mol. The summed E-state index contributed by atoms with van der Waals surface area (Å²) in [6.45, 7) is 4.42. The fourth-order valence-electron chi connectivity index (χ4n) is 1.94. The molecule has 2 rings (SSSR count). The van der Waals surface area contributed by atoms with E-state index in [1.165, 1.54) is 0 Å². The van der Waals surface area contributed by atoms with E-state index in [1.807, 2.05) is 44.2 Å². The second-order valence-corrected chi connectivity index (χ2v) is 4.14. The van der Waals surface area contributed by atoms with Crippen molar-refractivity contribution in [2.24, 2.45) is 0 Å². The van der Waals surface area contributed by atoms with Crippen LogP contribution in [0.5, 0.6) is 5.75 Å². The van der Waals surface area contributed by atoms with E-state index in [0.29, 0.717) is 12.2 Å². The summed E-state index contributed by atoms with van der Waals surface area (Å²) in [6.07, 6.45) is 0. The first-order valence-corrected chi connectivity index (χ1v) is 6.06. The molecule has 1 aromatic carbocycles. The highest BCUT2D eigenvalue weighted by Gasteiger charge is 2.10. The Morgan fingerprint density at radius 1 is 1.32 bits per heavy atom. The molecule has 0 saturated carbocycles. The van der Waals surface area contributed by atoms with Gasteiger partial charge in [0, 0.05) is 11.3 Å². The molecular formula is C15H15N3O. The smallest absolute Gasteiger partial charge is 0.142 e. The van der Waals surface area contributed by atoms with Crippen LogP contribution in [0.15, 0.2) is 30.3 Å². The Morgan fingerprint density at radius 2 is 2.00 bits per heavy atom. The van der Waals surface area contributed by atoms with Crippen molar-refractivity contribution in [3.05, 3.63) is 41.6 Å². The molecule has 2 aromatic rings. The number of benzene rings is 1. The number of nitrogen functional groups attached to an aromatic ring is 1. The first-order valence-electron chi connectivity index (χ1n) is 6.06. The van der Waals surface area contributed by atoms with Crippen molar-refractivity contribution in [3.63, 3.8) is 0 Å². The number of anilines is 1. The molecule has 96 valence electrons. The number of hydrogen-bond donors (Lipinski definition) is 1. The van der Waals surface area contributed by atoms with Gasteiger partial charge in [-0.1, -0.05) is 12.1 Å². The third-order valence-corrected chi connectivity index (χ3v) is 2.76. The lowest BCUT2D eigenvalue weighted by atomic mass is 10.0. The third-order valence-electron chi connectivity index (χ3n) is 2.76. The third kappa shape index (κ3) is 2.66. The summed E-state index contributed by atoms with van der Waals surface area (Å²) in [4.78, 5) is 4.11. The number of nitriles is 1. The normalized spacial score (nSPS) is 9.95. The minimum Gasteiger partial charge on any atom is -0.494 e. The summed E-state index contributed by atoms with van der Waals surface area (Å²) < 4.78 is 5.40. The Balaban J connectivity index is 2.49. The van der Waals surface area contributed by atoms with Gasteiger partial charge < -0.3 is 10.5 Å². The highest BCUT2D eigenvalue weighted by atomic mass is 16.5. The Kier molecular flexibility index (Phi) is 3.67. The zero-order valence-corrected chi connectivity index (χ0v) is 11.0. The van der Waals surface area contributed by atoms with Gasteiger partial charge in [-0.25, -0.2) is 4.98 Å². The number of rotatable bonds is 3. The second kappa shape index (κ2) is 5.40. The van der Waals surface area contributed by atoms with Crippen LogP contribution in [-0.2, 0) is 0 Å². The van der Waals surface area contributed by atoms with Gasteiger partial charge in [-0.3, -0.25) is 0 Å². The number of aromatic nitrogens is 1. The lowest BCUT2D eigenvalue weighted by molar-refractivity contribution is 0.340. The minimum atomic E-state index is 0.270. The average molecular weight is 253 g/mol. The zero-order valence-electron chi connectivity index (χ0n) is 11.0. The molecule has 19 heavy (non-hydrogen) atoms. The van der Waals surface area contributed by atoms with Gasteiger partial charge in [0.1, 0.15) is 23.2 Å². The van der Waals surface area contributed by atoms with E-state index in [9.17, 15) is 5.26 Å². The van der Waals surface area contributed by atoms with Crippen LogP contribution in [0.1, 0.15) is 18.2 Å². The molecule has 0 radical (unpaired) electrons. The predicted octanol–water partition coefficient (Wildman–Crippen LogP) is 2.91. The lowest BCUT2D eigenvalue weighted by Crippen LogP contribution is -1.99. The van der Waals surface area contributed by atoms with E-state index in [4.69, 9.17) is 10.5 Å². The molecule has 0 amide bonds. The molecule has 0 atom stereocenters. The topological polar surface area (TPSA) is 71.9 Å². The van der Waals surface area contributed by atoms with Crippen molar-refractivity contribution in [1.29, 1.82) is 5.26 Å². The van der Waals surface area contributed by atoms with Crippen LogP contribution in [0.25, 0.3) is 11.1 Å². The molecule has 4 nitrogen and oxygen atoms in total. The van der Waals surface area contributed by atoms with Crippen molar-refractivity contribution in [2.75, 3.05) is 12.3 Å². The first kappa shape index (κ1) is 12.9. The summed E-state index contributed by atoms with van der Waals surface area (Å²) in [5, 5.41) is 9.20. The van der Waals surface area contributed by atoms with Gasteiger partial charge in [0.15, 0.2) is 0 Å². The van der Waals surface area contributed by atoms with Crippen molar-refractivity contribution < 1.29 is 4.74 Å². The maximum Gasteiger partial charge on any atom is 0.142 e. The standard InChI is InChI=1S/C15H15N3O/c1-3-19-12-6-4-11(5-7-12)13-8-10(2)18-15(17)14(13)9-16/h4-8H,3H2,1-2H3,(H2,17,18). The van der Waals surface area contributed by atoms with Crippen molar-refractivity contribution >= 4 is 5.82 Å². The monoisotopic (exact) mass is 253 g/mol. The quantitative estimate of drug-likeness (QED) is 0.912. The Labute approximate surface area is 112 Å². The van der Waals surface area contributed by atoms with Gasteiger partial charge in [-0.15, -0.1) is 0 Å². The molecule has 1 heterocycles. The van der Waals surface area contributed by atoms with Gasteiger partial charge in [0.25, 0.3) is 0 Å². The number of pyridine rings is 1. The van der Waals surface area contributed by atoms with Crippen molar-refractivity contribution in [2.45, 2.75) is 13.8 Å². The maximum atomic E-state index is 9.20. The van der Waals surface area contributed by atoms with Crippen LogP contribution < -0.4 is 10.5 Å². The van der Waals surface area contributed by atoms with Crippen LogP contribution in [-0.4, -0.2) is 11.6 Å². The van der Waals surface area contributed by atoms with Crippen LogP contribution >= 0.6 is 0 Å². The molecule has 0 spiro atoms. The van der Waals surface area contributed by atoms with Crippen LogP contribution in [0.3, 0.4) is 0 Å². The summed E-state index contributed by atoms with van der Waals surface area (Å²) in [6, 6.07) is 11.6. The first-order chi connectivity index (χ1) is 9.15. The van der Waals surface area contributed by atoms with Gasteiger partial charge >= 0.3 is 0 Å². The molecule has 4 heteroatoms. The number of aryl methyl sites for hydroxylation is 1. The van der Waals surface area contributed by atoms with Crippen molar-refractivity contribution in [1.82, 2.24) is 4.98 Å². The Morgan fingerprint density at radius 3 is 2.58 bits per heavy atom. The van der Waals surface area contributed by atoms with E-state index < -0.39 is 0 Å². The molecule has 0 fully saturated rings. The average Bonchev–Trinajstić information content (AvgIpc) is 2.39. The highest BCUT2D eigenvalue weighted by Crippen LogP contribution is 2.28. The van der Waals surface area contributed by atoms with Crippen LogP contribution in [0.2, 0.25) is 0 Å². The van der Waals surface area contributed by atoms with Gasteiger partial charge in [0.2, 0.25) is 0 Å². The van der Waals surface area contributed by atoms with Gasteiger partial charge in [0.05, 0.1) is 6.61 Å². The molecule has 2 N–H and O–H groups in total. The summed E-state index contributed by atoms with van der Waals surface area (Å²) in [7, 11) is 0. The summed E-state index contributed by atoms with van der Waals surface area (Å²) in [5.74, 6) is 1.08. The molecule has 1 aromatic heterocycles. The van der Waals surface area contributed by atoms with Gasteiger partial charge in [-0.2, -0.15) is 5.26 Å². The minimum absolute atomic E-state index is 0.270. The van der Waals surface area contributed by atoms with Crippen molar-refractivity contribution in [3.8, 4) is 22.9 Å². The number of hydrogen-bond acceptors (Lipinski definition) is 4. The maximum absolute atomic E-state index is 9.20. The number of ether oxygens (including phenoxy) is 1. The molecular weight excluding hydrogens is 238 g/mol. The second-order valence-electron chi connectivity index (χ2n) is 4.14. The Bertz CT molecular complexity index is 627. The zero-order chi connectivity index (χ0) is 13.8. The fraction of sp³-hybridized carbons (Fsp3) is 0.200. The molecule has 0 bridgehead atoms. The largest absolute Gasteiger partial charge is 0.494 e. The number of nitrogens with two attached hydrogens (primary N) is 1. The molecule has 0 aliphatic rings. The van der Waals surface area contributed by atoms with E-state index in [2.05, 4.69) is 11.1 Å². The van der Waals surface area contributed by atoms with E-state index >= 15 is 0 Å². The molecule has 0 aliphatic carbocycles. The SMILES string of the molecule is CCOc1ccc(-c2cc(C)nc(N)c2C#N)cc1. The lowest BCUT2D eigenvalue weighted by Gasteiger charge is -2.09. The van der Waals surface area contributed by atoms with E-state index in [0.717, 1.165) is 22.6 Å². The molecule has 0 saturated heterocycles. The summed E-state index contributed by atoms with van der Waals surface area (Å²) >= 11 is 0. The van der Waals surface area contributed by atoms with Crippen LogP contribution in [0, 0.1) is 18.3 Å². The number of nitrogens with zero attached hydrogens (tertiary/aromatic N) is 2.